The van der Waals surface area contributed by atoms with E-state index in [1.807, 2.05) is 45.3 Å². The Hall–Kier alpha value is -2.56. The summed E-state index contributed by atoms with van der Waals surface area (Å²) in [6.45, 7) is 2.54. The molecule has 108 valence electrons. The highest BCUT2D eigenvalue weighted by molar-refractivity contribution is 5.77. The van der Waals surface area contributed by atoms with Crippen LogP contribution in [0.2, 0.25) is 0 Å². The van der Waals surface area contributed by atoms with Crippen molar-refractivity contribution in [1.82, 2.24) is 15.0 Å². The van der Waals surface area contributed by atoms with Crippen LogP contribution in [0.5, 0.6) is 5.88 Å². The van der Waals surface area contributed by atoms with E-state index in [0.717, 1.165) is 22.6 Å². The largest absolute Gasteiger partial charge is 0.478 e. The molecule has 0 unspecified atom stereocenters. The van der Waals surface area contributed by atoms with Gasteiger partial charge in [-0.2, -0.15) is 4.98 Å². The van der Waals surface area contributed by atoms with Crippen LogP contribution in [0.4, 0.5) is 5.69 Å². The van der Waals surface area contributed by atoms with Crippen molar-refractivity contribution in [3.8, 4) is 17.3 Å². The number of benzene rings is 1. The van der Waals surface area contributed by atoms with Crippen molar-refractivity contribution in [1.29, 1.82) is 0 Å². The third kappa shape index (κ3) is 2.67. The first-order valence-corrected chi connectivity index (χ1v) is 6.94. The van der Waals surface area contributed by atoms with Crippen molar-refractivity contribution < 1.29 is 4.74 Å². The summed E-state index contributed by atoms with van der Waals surface area (Å²) in [7, 11) is 4.04. The fraction of sp³-hybridized carbons (Fsp3) is 0.250. The Morgan fingerprint density at radius 1 is 1.14 bits per heavy atom. The van der Waals surface area contributed by atoms with E-state index in [2.05, 4.69) is 32.0 Å². The van der Waals surface area contributed by atoms with Gasteiger partial charge in [-0.25, -0.2) is 4.98 Å². The van der Waals surface area contributed by atoms with Gasteiger partial charge in [0.25, 0.3) is 0 Å². The zero-order valence-corrected chi connectivity index (χ0v) is 12.4. The Balaban J connectivity index is 2.02. The summed E-state index contributed by atoms with van der Waals surface area (Å²) >= 11 is 0. The molecule has 5 nitrogen and oxygen atoms in total. The number of pyridine rings is 1. The number of rotatable bonds is 4. The number of hydrogen-bond acceptors (Lipinski definition) is 4. The second-order valence-corrected chi connectivity index (χ2v) is 4.98. The van der Waals surface area contributed by atoms with E-state index < -0.39 is 0 Å². The van der Waals surface area contributed by atoms with Crippen LogP contribution in [0.3, 0.4) is 0 Å². The van der Waals surface area contributed by atoms with Gasteiger partial charge in [-0.1, -0.05) is 12.1 Å². The van der Waals surface area contributed by atoms with Crippen LogP contribution >= 0.6 is 0 Å². The van der Waals surface area contributed by atoms with Gasteiger partial charge in [0.2, 0.25) is 5.88 Å². The van der Waals surface area contributed by atoms with Crippen molar-refractivity contribution in [2.75, 3.05) is 25.6 Å². The van der Waals surface area contributed by atoms with E-state index in [9.17, 15) is 0 Å². The molecule has 0 aliphatic rings. The first-order chi connectivity index (χ1) is 10.2. The van der Waals surface area contributed by atoms with Crippen LogP contribution < -0.4 is 9.64 Å². The lowest BCUT2D eigenvalue weighted by Crippen LogP contribution is -2.08. The first kappa shape index (κ1) is 13.4. The average Bonchev–Trinajstić information content (AvgIpc) is 2.91. The van der Waals surface area contributed by atoms with Gasteiger partial charge in [0.05, 0.1) is 12.1 Å². The molecule has 0 fully saturated rings. The highest BCUT2D eigenvalue weighted by Crippen LogP contribution is 2.24. The number of imidazole rings is 1. The fourth-order valence-corrected chi connectivity index (χ4v) is 2.17. The normalized spacial score (nSPS) is 10.8. The third-order valence-corrected chi connectivity index (χ3v) is 3.25. The second kappa shape index (κ2) is 5.44. The number of nitrogens with one attached hydrogen (secondary N) is 1. The molecule has 1 N–H and O–H groups in total. The van der Waals surface area contributed by atoms with Gasteiger partial charge in [0, 0.05) is 31.4 Å². The fourth-order valence-electron chi connectivity index (χ4n) is 2.17. The highest BCUT2D eigenvalue weighted by atomic mass is 16.5. The predicted octanol–water partition coefficient (Wildman–Crippen LogP) is 3.09. The molecule has 5 heteroatoms. The Morgan fingerprint density at radius 3 is 2.76 bits per heavy atom. The Bertz CT molecular complexity index is 764. The topological polar surface area (TPSA) is 54.0 Å². The molecule has 2 heterocycles. The molecule has 0 bridgehead atoms. The third-order valence-electron chi connectivity index (χ3n) is 3.25. The maximum Gasteiger partial charge on any atom is 0.215 e. The molecule has 3 aromatic rings. The van der Waals surface area contributed by atoms with Gasteiger partial charge in [-0.3, -0.25) is 0 Å². The number of fused-ring (bicyclic) bond motifs is 1. The number of aromatic nitrogens is 3. The summed E-state index contributed by atoms with van der Waals surface area (Å²) in [6, 6.07) is 12.0. The van der Waals surface area contributed by atoms with Crippen molar-refractivity contribution in [3.05, 3.63) is 36.4 Å². The highest BCUT2D eigenvalue weighted by Gasteiger charge is 2.08. The van der Waals surface area contributed by atoms with E-state index in [1.54, 1.807) is 0 Å². The van der Waals surface area contributed by atoms with E-state index in [0.29, 0.717) is 18.1 Å². The molecule has 0 radical (unpaired) electrons. The molecule has 0 spiro atoms. The van der Waals surface area contributed by atoms with Crippen molar-refractivity contribution in [2.24, 2.45) is 0 Å². The molecule has 0 atom stereocenters. The Morgan fingerprint density at radius 2 is 2.00 bits per heavy atom. The maximum atomic E-state index is 5.41. The Labute approximate surface area is 123 Å². The lowest BCUT2D eigenvalue weighted by atomic mass is 10.2. The van der Waals surface area contributed by atoms with E-state index in [4.69, 9.17) is 4.74 Å². The molecular weight excluding hydrogens is 264 g/mol. The molecule has 0 saturated carbocycles. The SMILES string of the molecule is CCOc1ccc2[nH]c(-c3cccc(N(C)C)c3)nc2n1. The predicted molar refractivity (Wildman–Crippen MR) is 84.8 cm³/mol. The monoisotopic (exact) mass is 282 g/mol. The summed E-state index contributed by atoms with van der Waals surface area (Å²) in [4.78, 5) is 14.3. The van der Waals surface area contributed by atoms with Crippen molar-refractivity contribution in [3.63, 3.8) is 0 Å². The van der Waals surface area contributed by atoms with Crippen molar-refractivity contribution in [2.45, 2.75) is 6.92 Å². The zero-order valence-electron chi connectivity index (χ0n) is 12.4. The standard InChI is InChI=1S/C16H18N4O/c1-4-21-14-9-8-13-16(18-14)19-15(17-13)11-6-5-7-12(10-11)20(2)3/h5-10H,4H2,1-3H3,(H,17,18,19). The number of hydrogen-bond donors (Lipinski definition) is 1. The van der Waals surface area contributed by atoms with Crippen LogP contribution in [0.15, 0.2) is 36.4 Å². The second-order valence-electron chi connectivity index (χ2n) is 4.98. The lowest BCUT2D eigenvalue weighted by Gasteiger charge is -2.12. The van der Waals surface area contributed by atoms with Gasteiger partial charge >= 0.3 is 0 Å². The molecule has 0 saturated heterocycles. The molecule has 3 rings (SSSR count). The van der Waals surface area contributed by atoms with Crippen LogP contribution in [0, 0.1) is 0 Å². The minimum atomic E-state index is 0.598. The quantitative estimate of drug-likeness (QED) is 0.799. The van der Waals surface area contributed by atoms with Gasteiger partial charge in [0.15, 0.2) is 5.65 Å². The molecule has 0 amide bonds. The summed E-state index contributed by atoms with van der Waals surface area (Å²) < 4.78 is 5.41. The summed E-state index contributed by atoms with van der Waals surface area (Å²) in [5.41, 5.74) is 3.75. The molecular formula is C16H18N4O. The lowest BCUT2D eigenvalue weighted by molar-refractivity contribution is 0.328. The Kier molecular flexibility index (Phi) is 3.48. The smallest absolute Gasteiger partial charge is 0.215 e. The average molecular weight is 282 g/mol. The molecule has 2 aromatic heterocycles. The number of anilines is 1. The molecule has 0 aliphatic carbocycles. The van der Waals surface area contributed by atoms with E-state index >= 15 is 0 Å². The minimum Gasteiger partial charge on any atom is -0.478 e. The van der Waals surface area contributed by atoms with Crippen LogP contribution in [0.1, 0.15) is 6.92 Å². The number of H-pyrrole nitrogens is 1. The summed E-state index contributed by atoms with van der Waals surface area (Å²) in [5, 5.41) is 0. The number of ether oxygens (including phenoxy) is 1. The van der Waals surface area contributed by atoms with E-state index in [-0.39, 0.29) is 0 Å². The van der Waals surface area contributed by atoms with Gasteiger partial charge in [-0.05, 0) is 25.1 Å². The number of nitrogens with zero attached hydrogens (tertiary/aromatic N) is 3. The molecule has 21 heavy (non-hydrogen) atoms. The minimum absolute atomic E-state index is 0.598. The van der Waals surface area contributed by atoms with Crippen molar-refractivity contribution >= 4 is 16.9 Å². The van der Waals surface area contributed by atoms with E-state index in [1.165, 1.54) is 0 Å². The number of aromatic amines is 1. The molecule has 0 aliphatic heterocycles. The molecule has 1 aromatic carbocycles. The van der Waals surface area contributed by atoms with Crippen LogP contribution in [-0.2, 0) is 0 Å². The maximum absolute atomic E-state index is 5.41. The van der Waals surface area contributed by atoms with Gasteiger partial charge < -0.3 is 14.6 Å². The summed E-state index contributed by atoms with van der Waals surface area (Å²) in [6.07, 6.45) is 0. The summed E-state index contributed by atoms with van der Waals surface area (Å²) in [5.74, 6) is 1.42. The van der Waals surface area contributed by atoms with Crippen LogP contribution in [0.25, 0.3) is 22.6 Å². The van der Waals surface area contributed by atoms with Gasteiger partial charge in [0.1, 0.15) is 5.82 Å². The first-order valence-electron chi connectivity index (χ1n) is 6.94. The zero-order chi connectivity index (χ0) is 14.8. The van der Waals surface area contributed by atoms with Gasteiger partial charge in [-0.15, -0.1) is 0 Å². The van der Waals surface area contributed by atoms with Crippen LogP contribution in [-0.4, -0.2) is 35.7 Å².